The van der Waals surface area contributed by atoms with Crippen molar-refractivity contribution in [1.82, 2.24) is 14.9 Å². The van der Waals surface area contributed by atoms with Crippen LogP contribution in [-0.2, 0) is 0 Å². The maximum atomic E-state index is 9.35. The molecule has 4 rings (SSSR count). The number of nitrogens with zero attached hydrogens (tertiary/aromatic N) is 3. The van der Waals surface area contributed by atoms with Crippen molar-refractivity contribution in [2.24, 2.45) is 0 Å². The van der Waals surface area contributed by atoms with Crippen molar-refractivity contribution >= 4 is 11.6 Å². The third-order valence-corrected chi connectivity index (χ3v) is 5.26. The zero-order chi connectivity index (χ0) is 26.8. The fourth-order valence-corrected chi connectivity index (χ4v) is 3.41. The Kier molecular flexibility index (Phi) is 9.51. The Morgan fingerprint density at radius 2 is 1.30 bits per heavy atom. The van der Waals surface area contributed by atoms with Gasteiger partial charge in [-0.3, -0.25) is 0 Å². The van der Waals surface area contributed by atoms with Gasteiger partial charge in [-0.25, -0.2) is 9.97 Å². The molecule has 0 aliphatic carbocycles. The summed E-state index contributed by atoms with van der Waals surface area (Å²) in [7, 11) is 7.20. The van der Waals surface area contributed by atoms with Gasteiger partial charge in [0.2, 0.25) is 0 Å². The van der Waals surface area contributed by atoms with Gasteiger partial charge in [0, 0.05) is 29.8 Å². The lowest BCUT2D eigenvalue weighted by atomic mass is 10.1. The first-order valence-electron chi connectivity index (χ1n) is 11.6. The Bertz CT molecular complexity index is 1310. The van der Waals surface area contributed by atoms with Gasteiger partial charge in [-0.15, -0.1) is 0 Å². The van der Waals surface area contributed by atoms with E-state index in [1.54, 1.807) is 44.6 Å². The van der Waals surface area contributed by atoms with E-state index >= 15 is 0 Å². The molecule has 5 N–H and O–H groups in total. The molecule has 0 atom stereocenters. The number of likely N-dealkylation sites (N-methyl/N-ethyl adjacent to an activating group) is 1. The van der Waals surface area contributed by atoms with Crippen LogP contribution in [0.2, 0.25) is 0 Å². The molecule has 0 aliphatic rings. The highest BCUT2D eigenvalue weighted by Gasteiger charge is 2.10. The number of benzene rings is 2. The predicted octanol–water partition coefficient (Wildman–Crippen LogP) is 4.32. The Hall–Kier alpha value is -4.50. The van der Waals surface area contributed by atoms with Crippen molar-refractivity contribution in [3.63, 3.8) is 0 Å². The largest absolute Gasteiger partial charge is 0.508 e. The van der Waals surface area contributed by atoms with Crippen LogP contribution in [0, 0.1) is 0 Å². The number of hydrogen-bond donors (Lipinski definition) is 3. The molecule has 0 aliphatic heterocycles. The van der Waals surface area contributed by atoms with E-state index in [2.05, 4.69) is 14.9 Å². The van der Waals surface area contributed by atoms with Crippen molar-refractivity contribution in [3.05, 3.63) is 72.8 Å². The van der Waals surface area contributed by atoms with Crippen LogP contribution in [0.25, 0.3) is 22.5 Å². The lowest BCUT2D eigenvalue weighted by Gasteiger charge is -2.13. The summed E-state index contributed by atoms with van der Waals surface area (Å²) >= 11 is 0. The molecule has 2 aromatic carbocycles. The first-order chi connectivity index (χ1) is 17.8. The Morgan fingerprint density at radius 1 is 0.757 bits per heavy atom. The average molecular weight is 504 g/mol. The molecule has 4 aromatic rings. The van der Waals surface area contributed by atoms with Crippen molar-refractivity contribution in [1.29, 1.82) is 0 Å². The van der Waals surface area contributed by atoms with E-state index in [0.717, 1.165) is 40.6 Å². The quantitative estimate of drug-likeness (QED) is 0.322. The SMILES string of the molecule is COc1cc(O)ccc1-c1cccc(N)n1.COc1cc(OCCN(C)C)ccc1-c1cccc(N)n1. The van der Waals surface area contributed by atoms with Crippen molar-refractivity contribution in [2.75, 3.05) is 52.9 Å². The minimum atomic E-state index is 0.157. The third-order valence-electron chi connectivity index (χ3n) is 5.26. The second kappa shape index (κ2) is 13.0. The van der Waals surface area contributed by atoms with Crippen molar-refractivity contribution in [3.8, 4) is 45.5 Å². The number of ether oxygens (including phenoxy) is 3. The lowest BCUT2D eigenvalue weighted by Crippen LogP contribution is -2.19. The van der Waals surface area contributed by atoms with Crippen molar-refractivity contribution in [2.45, 2.75) is 0 Å². The summed E-state index contributed by atoms with van der Waals surface area (Å²) in [6.45, 7) is 1.49. The maximum absolute atomic E-state index is 9.35. The van der Waals surface area contributed by atoms with Gasteiger partial charge < -0.3 is 35.7 Å². The molecule has 0 saturated carbocycles. The Morgan fingerprint density at radius 3 is 1.81 bits per heavy atom. The van der Waals surface area contributed by atoms with Crippen LogP contribution in [0.3, 0.4) is 0 Å². The van der Waals surface area contributed by atoms with Gasteiger partial charge in [0.25, 0.3) is 0 Å². The van der Waals surface area contributed by atoms with Gasteiger partial charge in [0.05, 0.1) is 25.6 Å². The fraction of sp³-hybridized carbons (Fsp3) is 0.214. The molecule has 0 spiro atoms. The van der Waals surface area contributed by atoms with Crippen LogP contribution >= 0.6 is 0 Å². The monoisotopic (exact) mass is 503 g/mol. The standard InChI is InChI=1S/C16H21N3O2.C12H12N2O2/c1-19(2)9-10-21-12-7-8-13(15(11-12)20-3)14-5-4-6-16(17)18-14;1-16-11-7-8(15)5-6-9(11)10-3-2-4-12(13)14-10/h4-8,11H,9-10H2,1-3H3,(H2,17,18);2-7,15H,1H3,(H2,13,14). The van der Waals surface area contributed by atoms with E-state index in [-0.39, 0.29) is 5.75 Å². The minimum Gasteiger partial charge on any atom is -0.508 e. The molecule has 0 fully saturated rings. The van der Waals surface area contributed by atoms with E-state index in [0.29, 0.717) is 24.0 Å². The number of rotatable bonds is 8. The molecule has 194 valence electrons. The normalized spacial score (nSPS) is 10.4. The van der Waals surface area contributed by atoms with Crippen LogP contribution in [0.4, 0.5) is 11.6 Å². The van der Waals surface area contributed by atoms with Gasteiger partial charge in [0.1, 0.15) is 41.2 Å². The zero-order valence-corrected chi connectivity index (χ0v) is 21.5. The second-order valence-corrected chi connectivity index (χ2v) is 8.29. The molecule has 0 bridgehead atoms. The number of nitrogen functional groups attached to an aromatic ring is 2. The van der Waals surface area contributed by atoms with Crippen LogP contribution in [-0.4, -0.2) is 61.4 Å². The van der Waals surface area contributed by atoms with E-state index in [9.17, 15) is 5.11 Å². The number of phenols is 1. The first-order valence-corrected chi connectivity index (χ1v) is 11.6. The minimum absolute atomic E-state index is 0.157. The number of aromatic hydroxyl groups is 1. The molecular weight excluding hydrogens is 470 g/mol. The van der Waals surface area contributed by atoms with Crippen LogP contribution < -0.4 is 25.7 Å². The van der Waals surface area contributed by atoms with Crippen LogP contribution in [0.1, 0.15) is 0 Å². The number of anilines is 2. The Labute approximate surface area is 217 Å². The molecule has 0 radical (unpaired) electrons. The zero-order valence-electron chi connectivity index (χ0n) is 21.5. The summed E-state index contributed by atoms with van der Waals surface area (Å²) in [5, 5.41) is 9.35. The smallest absolute Gasteiger partial charge is 0.131 e. The van der Waals surface area contributed by atoms with Crippen LogP contribution in [0.5, 0.6) is 23.0 Å². The van der Waals surface area contributed by atoms with Gasteiger partial charge in [-0.1, -0.05) is 12.1 Å². The number of hydrogen-bond acceptors (Lipinski definition) is 9. The van der Waals surface area contributed by atoms with Crippen molar-refractivity contribution < 1.29 is 19.3 Å². The average Bonchev–Trinajstić information content (AvgIpc) is 2.88. The topological polar surface area (TPSA) is 129 Å². The number of nitrogens with two attached hydrogens (primary N) is 2. The predicted molar refractivity (Wildman–Crippen MR) is 147 cm³/mol. The number of methoxy groups -OCH3 is 2. The van der Waals surface area contributed by atoms with E-state index in [1.165, 1.54) is 0 Å². The van der Waals surface area contributed by atoms with Crippen LogP contribution in [0.15, 0.2) is 72.8 Å². The molecule has 2 aromatic heterocycles. The van der Waals surface area contributed by atoms with E-state index in [1.807, 2.05) is 56.6 Å². The van der Waals surface area contributed by atoms with E-state index < -0.39 is 0 Å². The first kappa shape index (κ1) is 27.1. The highest BCUT2D eigenvalue weighted by Crippen LogP contribution is 2.33. The van der Waals surface area contributed by atoms with Gasteiger partial charge in [-0.05, 0) is 62.6 Å². The summed E-state index contributed by atoms with van der Waals surface area (Å²) in [4.78, 5) is 10.6. The molecule has 0 saturated heterocycles. The highest BCUT2D eigenvalue weighted by molar-refractivity contribution is 5.70. The molecule has 0 amide bonds. The highest BCUT2D eigenvalue weighted by atomic mass is 16.5. The summed E-state index contributed by atoms with van der Waals surface area (Å²) in [6, 6.07) is 21.5. The number of aromatic nitrogens is 2. The maximum Gasteiger partial charge on any atom is 0.131 e. The fourth-order valence-electron chi connectivity index (χ4n) is 3.41. The molecule has 37 heavy (non-hydrogen) atoms. The summed E-state index contributed by atoms with van der Waals surface area (Å²) < 4.78 is 16.3. The summed E-state index contributed by atoms with van der Waals surface area (Å²) in [5.41, 5.74) is 14.5. The number of pyridine rings is 2. The molecule has 2 heterocycles. The molecule has 0 unspecified atom stereocenters. The Balaban J connectivity index is 0.000000213. The number of phenolic OH excluding ortho intramolecular Hbond substituents is 1. The molecule has 9 nitrogen and oxygen atoms in total. The van der Waals surface area contributed by atoms with Gasteiger partial charge in [-0.2, -0.15) is 0 Å². The summed E-state index contributed by atoms with van der Waals surface area (Å²) in [5.74, 6) is 3.16. The molecule has 9 heteroatoms. The molecular formula is C28H33N5O4. The van der Waals surface area contributed by atoms with E-state index in [4.69, 9.17) is 25.7 Å². The van der Waals surface area contributed by atoms with Gasteiger partial charge in [0.15, 0.2) is 0 Å². The van der Waals surface area contributed by atoms with Gasteiger partial charge >= 0.3 is 0 Å². The third kappa shape index (κ3) is 7.74. The lowest BCUT2D eigenvalue weighted by molar-refractivity contribution is 0.260. The summed E-state index contributed by atoms with van der Waals surface area (Å²) in [6.07, 6.45) is 0. The second-order valence-electron chi connectivity index (χ2n) is 8.29.